The van der Waals surface area contributed by atoms with Gasteiger partial charge in [0.1, 0.15) is 5.82 Å². The zero-order valence-corrected chi connectivity index (χ0v) is 10.3. The molecule has 3 rings (SSSR count). The lowest BCUT2D eigenvalue weighted by molar-refractivity contribution is -0.141. The quantitative estimate of drug-likeness (QED) is 0.721. The molecule has 0 N–H and O–H groups in total. The van der Waals surface area contributed by atoms with E-state index < -0.39 is 0 Å². The smallest absolute Gasteiger partial charge is 0.230 e. The molecule has 2 aliphatic rings. The Bertz CT molecular complexity index is 493. The molecule has 0 aliphatic carbocycles. The summed E-state index contributed by atoms with van der Waals surface area (Å²) in [6, 6.07) is 5.91. The van der Waals surface area contributed by atoms with Gasteiger partial charge >= 0.3 is 0 Å². The average molecular weight is 245 g/mol. The molecule has 0 saturated carbocycles. The van der Waals surface area contributed by atoms with Crippen LogP contribution in [0.25, 0.3) is 0 Å². The molecule has 0 aromatic carbocycles. The van der Waals surface area contributed by atoms with Crippen LogP contribution in [0.15, 0.2) is 18.2 Å². The minimum atomic E-state index is -0.0261. The van der Waals surface area contributed by atoms with Crippen LogP contribution in [0.1, 0.15) is 18.5 Å². The van der Waals surface area contributed by atoms with Crippen molar-refractivity contribution < 1.29 is 9.59 Å². The van der Waals surface area contributed by atoms with Crippen LogP contribution in [-0.4, -0.2) is 40.8 Å². The summed E-state index contributed by atoms with van der Waals surface area (Å²) in [5.74, 6) is 0.869. The monoisotopic (exact) mass is 245 g/mol. The summed E-state index contributed by atoms with van der Waals surface area (Å²) < 4.78 is 0. The van der Waals surface area contributed by atoms with E-state index in [0.717, 1.165) is 11.5 Å². The van der Waals surface area contributed by atoms with Crippen molar-refractivity contribution >= 4 is 17.6 Å². The van der Waals surface area contributed by atoms with Gasteiger partial charge in [0.15, 0.2) is 0 Å². The van der Waals surface area contributed by atoms with Crippen LogP contribution in [0.5, 0.6) is 0 Å². The van der Waals surface area contributed by atoms with E-state index in [1.807, 2.05) is 25.1 Å². The van der Waals surface area contributed by atoms with Gasteiger partial charge in [-0.2, -0.15) is 0 Å². The summed E-state index contributed by atoms with van der Waals surface area (Å²) in [7, 11) is 0. The van der Waals surface area contributed by atoms with E-state index in [-0.39, 0.29) is 17.9 Å². The van der Waals surface area contributed by atoms with Gasteiger partial charge in [0.25, 0.3) is 0 Å². The number of hydrogen-bond acceptors (Lipinski definition) is 4. The fourth-order valence-electron chi connectivity index (χ4n) is 2.51. The topological polar surface area (TPSA) is 53.5 Å². The van der Waals surface area contributed by atoms with Gasteiger partial charge in [0, 0.05) is 31.6 Å². The Labute approximate surface area is 105 Å². The van der Waals surface area contributed by atoms with Crippen LogP contribution in [0.3, 0.4) is 0 Å². The van der Waals surface area contributed by atoms with Crippen molar-refractivity contribution in [2.45, 2.75) is 25.8 Å². The Hall–Kier alpha value is -1.91. The van der Waals surface area contributed by atoms with Crippen LogP contribution >= 0.6 is 0 Å². The van der Waals surface area contributed by atoms with E-state index in [4.69, 9.17) is 0 Å². The lowest BCUT2D eigenvalue weighted by atomic mass is 10.1. The predicted octanol–water partition coefficient (Wildman–Crippen LogP) is 0.728. The number of rotatable bonds is 2. The van der Waals surface area contributed by atoms with Crippen LogP contribution in [0.4, 0.5) is 5.82 Å². The highest BCUT2D eigenvalue weighted by atomic mass is 16.2. The highest BCUT2D eigenvalue weighted by Gasteiger charge is 2.41. The van der Waals surface area contributed by atoms with Crippen molar-refractivity contribution in [2.24, 2.45) is 0 Å². The van der Waals surface area contributed by atoms with Gasteiger partial charge in [-0.3, -0.25) is 14.5 Å². The van der Waals surface area contributed by atoms with Crippen LogP contribution in [0.2, 0.25) is 0 Å². The fraction of sp³-hybridized carbons (Fsp3) is 0.462. The van der Waals surface area contributed by atoms with E-state index in [2.05, 4.69) is 9.88 Å². The maximum atomic E-state index is 11.6. The Morgan fingerprint density at radius 3 is 2.44 bits per heavy atom. The highest BCUT2D eigenvalue weighted by molar-refractivity contribution is 6.02. The average Bonchev–Trinajstić information content (AvgIpc) is 2.59. The molecule has 0 spiro atoms. The van der Waals surface area contributed by atoms with Crippen molar-refractivity contribution in [1.29, 1.82) is 0 Å². The molecular formula is C13H15N3O2. The summed E-state index contributed by atoms with van der Waals surface area (Å²) in [4.78, 5) is 31.1. The summed E-state index contributed by atoms with van der Waals surface area (Å²) in [5, 5.41) is 0. The lowest BCUT2D eigenvalue weighted by Gasteiger charge is -2.43. The number of aromatic nitrogens is 1. The first kappa shape index (κ1) is 11.2. The number of nitrogens with zero attached hydrogens (tertiary/aromatic N) is 3. The second-order valence-electron chi connectivity index (χ2n) is 4.85. The number of pyridine rings is 1. The molecule has 1 aromatic heterocycles. The van der Waals surface area contributed by atoms with Crippen molar-refractivity contribution in [3.05, 3.63) is 23.9 Å². The van der Waals surface area contributed by atoms with E-state index in [0.29, 0.717) is 25.9 Å². The summed E-state index contributed by atoms with van der Waals surface area (Å²) in [6.45, 7) is 3.36. The molecule has 0 unspecified atom stereocenters. The van der Waals surface area contributed by atoms with Crippen molar-refractivity contribution in [1.82, 2.24) is 9.88 Å². The molecule has 3 heterocycles. The van der Waals surface area contributed by atoms with Gasteiger partial charge in [0.05, 0.1) is 6.04 Å². The standard InChI is InChI=1S/C13H15N3O2/c1-9-3-2-4-11(14-9)15-7-10(8-15)16-12(17)5-6-13(16)18/h2-4,10H,5-8H2,1H3. The van der Waals surface area contributed by atoms with Crippen LogP contribution in [-0.2, 0) is 9.59 Å². The van der Waals surface area contributed by atoms with Crippen molar-refractivity contribution in [3.63, 3.8) is 0 Å². The van der Waals surface area contributed by atoms with Crippen molar-refractivity contribution in [3.8, 4) is 0 Å². The van der Waals surface area contributed by atoms with E-state index >= 15 is 0 Å². The minimum absolute atomic E-state index is 0.0261. The first-order valence-electron chi connectivity index (χ1n) is 6.18. The van der Waals surface area contributed by atoms with Gasteiger partial charge in [-0.1, -0.05) is 6.07 Å². The maximum absolute atomic E-state index is 11.6. The number of carbonyl (C=O) groups excluding carboxylic acids is 2. The zero-order valence-electron chi connectivity index (χ0n) is 10.3. The lowest BCUT2D eigenvalue weighted by Crippen LogP contribution is -2.61. The molecule has 5 nitrogen and oxygen atoms in total. The number of imide groups is 1. The minimum Gasteiger partial charge on any atom is -0.352 e. The first-order chi connectivity index (χ1) is 8.65. The number of aryl methyl sites for hydroxylation is 1. The molecule has 2 amide bonds. The predicted molar refractivity (Wildman–Crippen MR) is 66.1 cm³/mol. The van der Waals surface area contributed by atoms with E-state index in [1.54, 1.807) is 0 Å². The molecule has 0 radical (unpaired) electrons. The summed E-state index contributed by atoms with van der Waals surface area (Å²) in [6.07, 6.45) is 0.746. The Kier molecular flexibility index (Phi) is 2.54. The number of hydrogen-bond donors (Lipinski definition) is 0. The normalized spacial score (nSPS) is 20.5. The molecule has 0 bridgehead atoms. The number of likely N-dealkylation sites (tertiary alicyclic amines) is 1. The van der Waals surface area contributed by atoms with Gasteiger partial charge in [-0.05, 0) is 19.1 Å². The summed E-state index contributed by atoms with van der Waals surface area (Å²) >= 11 is 0. The molecule has 1 aromatic rings. The molecule has 94 valence electrons. The Balaban J connectivity index is 1.67. The van der Waals surface area contributed by atoms with Gasteiger partial charge in [-0.15, -0.1) is 0 Å². The molecule has 2 aliphatic heterocycles. The molecule has 2 fully saturated rings. The van der Waals surface area contributed by atoms with Crippen molar-refractivity contribution in [2.75, 3.05) is 18.0 Å². The first-order valence-corrected chi connectivity index (χ1v) is 6.18. The maximum Gasteiger partial charge on any atom is 0.230 e. The largest absolute Gasteiger partial charge is 0.352 e. The van der Waals surface area contributed by atoms with Crippen LogP contribution < -0.4 is 4.90 Å². The van der Waals surface area contributed by atoms with Gasteiger partial charge < -0.3 is 4.90 Å². The van der Waals surface area contributed by atoms with Gasteiger partial charge in [-0.25, -0.2) is 4.98 Å². The third-order valence-corrected chi connectivity index (χ3v) is 3.52. The second-order valence-corrected chi connectivity index (χ2v) is 4.85. The summed E-state index contributed by atoms with van der Waals surface area (Å²) in [5.41, 5.74) is 0.976. The van der Waals surface area contributed by atoms with E-state index in [9.17, 15) is 9.59 Å². The third kappa shape index (κ3) is 1.75. The fourth-order valence-corrected chi connectivity index (χ4v) is 2.51. The number of carbonyl (C=O) groups is 2. The molecule has 2 saturated heterocycles. The SMILES string of the molecule is Cc1cccc(N2CC(N3C(=O)CCC3=O)C2)n1. The number of amides is 2. The second kappa shape index (κ2) is 4.08. The highest BCUT2D eigenvalue weighted by Crippen LogP contribution is 2.25. The molecule has 5 heteroatoms. The molecular weight excluding hydrogens is 230 g/mol. The van der Waals surface area contributed by atoms with Gasteiger partial charge in [0.2, 0.25) is 11.8 Å². The molecule has 0 atom stereocenters. The zero-order chi connectivity index (χ0) is 12.7. The van der Waals surface area contributed by atoms with E-state index in [1.165, 1.54) is 4.90 Å². The molecule has 18 heavy (non-hydrogen) atoms. The number of anilines is 1. The Morgan fingerprint density at radius 1 is 1.17 bits per heavy atom. The Morgan fingerprint density at radius 2 is 1.83 bits per heavy atom. The third-order valence-electron chi connectivity index (χ3n) is 3.52. The van der Waals surface area contributed by atoms with Crippen LogP contribution in [0, 0.1) is 6.92 Å².